The number of hydrogen-bond donors (Lipinski definition) is 2. The third-order valence-corrected chi connectivity index (χ3v) is 3.71. The van der Waals surface area contributed by atoms with Crippen LogP contribution in [0.3, 0.4) is 0 Å². The largest absolute Gasteiger partial charge is 0.401 e. The van der Waals surface area contributed by atoms with Gasteiger partial charge in [-0.25, -0.2) is 0 Å². The zero-order valence-electron chi connectivity index (χ0n) is 12.2. The van der Waals surface area contributed by atoms with Crippen LogP contribution in [0.5, 0.6) is 0 Å². The number of benzene rings is 1. The van der Waals surface area contributed by atoms with Crippen LogP contribution in [-0.2, 0) is 11.2 Å². The summed E-state index contributed by atoms with van der Waals surface area (Å²) < 4.78 is 36.9. The normalized spacial score (nSPS) is 19.3. The van der Waals surface area contributed by atoms with E-state index in [9.17, 15) is 18.0 Å². The van der Waals surface area contributed by atoms with Crippen molar-refractivity contribution in [1.82, 2.24) is 10.2 Å². The summed E-state index contributed by atoms with van der Waals surface area (Å²) in [6.07, 6.45) is -3.23. The van der Waals surface area contributed by atoms with Gasteiger partial charge in [0.05, 0.1) is 13.0 Å². The summed E-state index contributed by atoms with van der Waals surface area (Å²) in [5, 5.41) is 2.79. The van der Waals surface area contributed by atoms with Crippen molar-refractivity contribution in [2.75, 3.05) is 31.9 Å². The number of nitrogens with zero attached hydrogens (tertiary/aromatic N) is 1. The molecule has 1 fully saturated rings. The van der Waals surface area contributed by atoms with Gasteiger partial charge in [0.1, 0.15) is 0 Å². The highest BCUT2D eigenvalue weighted by atomic mass is 19.4. The monoisotopic (exact) mass is 315 g/mol. The smallest absolute Gasteiger partial charge is 0.399 e. The fourth-order valence-corrected chi connectivity index (χ4v) is 2.62. The molecule has 1 heterocycles. The highest BCUT2D eigenvalue weighted by Crippen LogP contribution is 2.22. The number of amides is 1. The van der Waals surface area contributed by atoms with Crippen LogP contribution in [0.15, 0.2) is 24.3 Å². The van der Waals surface area contributed by atoms with Crippen molar-refractivity contribution in [3.8, 4) is 0 Å². The quantitative estimate of drug-likeness (QED) is 0.815. The molecule has 3 N–H and O–H groups in total. The van der Waals surface area contributed by atoms with E-state index in [2.05, 4.69) is 5.32 Å². The molecule has 2 rings (SSSR count). The Morgan fingerprint density at radius 1 is 1.32 bits per heavy atom. The molecule has 1 aliphatic rings. The Morgan fingerprint density at radius 2 is 2.00 bits per heavy atom. The number of rotatable bonds is 5. The molecule has 0 aromatic heterocycles. The van der Waals surface area contributed by atoms with Gasteiger partial charge < -0.3 is 11.1 Å². The lowest BCUT2D eigenvalue weighted by molar-refractivity contribution is -0.143. The molecule has 22 heavy (non-hydrogen) atoms. The Hall–Kier alpha value is -1.76. The summed E-state index contributed by atoms with van der Waals surface area (Å²) in [5.74, 6) is -0.0447. The lowest BCUT2D eigenvalue weighted by Gasteiger charge is -2.18. The Balaban J connectivity index is 1.70. The Labute approximate surface area is 127 Å². The maximum Gasteiger partial charge on any atom is 0.401 e. The lowest BCUT2D eigenvalue weighted by Crippen LogP contribution is -2.35. The lowest BCUT2D eigenvalue weighted by atomic mass is 10.1. The fourth-order valence-electron chi connectivity index (χ4n) is 2.62. The summed E-state index contributed by atoms with van der Waals surface area (Å²) in [6.45, 7) is 0.352. The summed E-state index contributed by atoms with van der Waals surface area (Å²) in [6, 6.07) is 7.04. The number of halogens is 3. The van der Waals surface area contributed by atoms with Crippen LogP contribution in [-0.4, -0.2) is 43.2 Å². The summed E-state index contributed by atoms with van der Waals surface area (Å²) in [4.78, 5) is 13.2. The van der Waals surface area contributed by atoms with Crippen LogP contribution in [0.25, 0.3) is 0 Å². The number of nitrogens with one attached hydrogen (secondary N) is 1. The Morgan fingerprint density at radius 3 is 2.64 bits per heavy atom. The average Bonchev–Trinajstić information content (AvgIpc) is 2.84. The molecule has 0 aliphatic carbocycles. The third kappa shape index (κ3) is 5.55. The summed E-state index contributed by atoms with van der Waals surface area (Å²) in [7, 11) is 0. The number of carbonyl (C=O) groups excluding carboxylic acids is 1. The first-order valence-electron chi connectivity index (χ1n) is 7.22. The van der Waals surface area contributed by atoms with Gasteiger partial charge in [0.25, 0.3) is 0 Å². The van der Waals surface area contributed by atoms with E-state index >= 15 is 0 Å². The number of likely N-dealkylation sites (tertiary alicyclic amines) is 1. The van der Waals surface area contributed by atoms with Gasteiger partial charge in [0.2, 0.25) is 5.91 Å². The molecule has 0 spiro atoms. The van der Waals surface area contributed by atoms with Crippen LogP contribution in [0, 0.1) is 5.92 Å². The van der Waals surface area contributed by atoms with Crippen molar-refractivity contribution in [2.45, 2.75) is 19.0 Å². The predicted octanol–water partition coefficient (Wildman–Crippen LogP) is 1.81. The molecule has 1 atom stereocenters. The van der Waals surface area contributed by atoms with E-state index in [1.807, 2.05) is 0 Å². The van der Waals surface area contributed by atoms with Gasteiger partial charge >= 0.3 is 6.18 Å². The maximum absolute atomic E-state index is 12.3. The Bertz CT molecular complexity index is 502. The van der Waals surface area contributed by atoms with Crippen molar-refractivity contribution < 1.29 is 18.0 Å². The molecule has 1 aromatic rings. The molecule has 7 heteroatoms. The minimum absolute atomic E-state index is 0.0812. The second kappa shape index (κ2) is 7.00. The van der Waals surface area contributed by atoms with E-state index in [0.29, 0.717) is 31.7 Å². The number of nitrogen functional groups attached to an aromatic ring is 1. The molecular formula is C15H20F3N3O. The molecule has 1 aromatic carbocycles. The molecule has 122 valence electrons. The molecule has 1 saturated heterocycles. The van der Waals surface area contributed by atoms with Gasteiger partial charge in [-0.2, -0.15) is 13.2 Å². The van der Waals surface area contributed by atoms with Crippen LogP contribution >= 0.6 is 0 Å². The number of hydrogen-bond acceptors (Lipinski definition) is 3. The van der Waals surface area contributed by atoms with E-state index < -0.39 is 12.7 Å². The minimum atomic E-state index is -4.16. The molecule has 0 radical (unpaired) electrons. The van der Waals surface area contributed by atoms with Crippen molar-refractivity contribution in [2.24, 2.45) is 5.92 Å². The van der Waals surface area contributed by atoms with Crippen molar-refractivity contribution >= 4 is 11.6 Å². The van der Waals surface area contributed by atoms with Gasteiger partial charge in [-0.1, -0.05) is 12.1 Å². The Kier molecular flexibility index (Phi) is 5.28. The van der Waals surface area contributed by atoms with Crippen molar-refractivity contribution in [3.05, 3.63) is 29.8 Å². The minimum Gasteiger partial charge on any atom is -0.399 e. The molecule has 1 unspecified atom stereocenters. The van der Waals surface area contributed by atoms with Gasteiger partial charge in [0, 0.05) is 18.8 Å². The SMILES string of the molecule is Nc1ccc(CC(=O)NCC2CCN(CC(F)(F)F)C2)cc1. The predicted molar refractivity (Wildman–Crippen MR) is 78.2 cm³/mol. The third-order valence-electron chi connectivity index (χ3n) is 3.71. The molecule has 0 saturated carbocycles. The summed E-state index contributed by atoms with van der Waals surface area (Å²) >= 11 is 0. The standard InChI is InChI=1S/C15H20F3N3O/c16-15(17,18)10-21-6-5-12(9-21)8-20-14(22)7-11-1-3-13(19)4-2-11/h1-4,12H,5-10,19H2,(H,20,22). The zero-order chi connectivity index (χ0) is 16.2. The summed E-state index contributed by atoms with van der Waals surface area (Å²) in [5.41, 5.74) is 7.07. The molecule has 1 aliphatic heterocycles. The first-order valence-corrected chi connectivity index (χ1v) is 7.22. The highest BCUT2D eigenvalue weighted by Gasteiger charge is 2.34. The average molecular weight is 315 g/mol. The van der Waals surface area contributed by atoms with Gasteiger partial charge in [-0.05, 0) is 36.6 Å². The van der Waals surface area contributed by atoms with Crippen molar-refractivity contribution in [1.29, 1.82) is 0 Å². The number of carbonyl (C=O) groups is 1. The van der Waals surface area contributed by atoms with Gasteiger partial charge in [-0.3, -0.25) is 9.69 Å². The number of nitrogens with two attached hydrogens (primary N) is 1. The molecular weight excluding hydrogens is 295 g/mol. The second-order valence-electron chi connectivity index (χ2n) is 5.73. The second-order valence-corrected chi connectivity index (χ2v) is 5.73. The van der Waals surface area contributed by atoms with Gasteiger partial charge in [-0.15, -0.1) is 0 Å². The first-order chi connectivity index (χ1) is 10.3. The van der Waals surface area contributed by atoms with E-state index in [0.717, 1.165) is 5.56 Å². The first kappa shape index (κ1) is 16.6. The van der Waals surface area contributed by atoms with E-state index in [1.54, 1.807) is 24.3 Å². The van der Waals surface area contributed by atoms with Crippen LogP contribution in [0.4, 0.5) is 18.9 Å². The zero-order valence-corrected chi connectivity index (χ0v) is 12.2. The number of anilines is 1. The van der Waals surface area contributed by atoms with E-state index in [4.69, 9.17) is 5.73 Å². The highest BCUT2D eigenvalue weighted by molar-refractivity contribution is 5.78. The van der Waals surface area contributed by atoms with Crippen LogP contribution in [0.1, 0.15) is 12.0 Å². The fraction of sp³-hybridized carbons (Fsp3) is 0.533. The van der Waals surface area contributed by atoms with E-state index in [-0.39, 0.29) is 18.2 Å². The van der Waals surface area contributed by atoms with Crippen LogP contribution < -0.4 is 11.1 Å². The van der Waals surface area contributed by atoms with Crippen LogP contribution in [0.2, 0.25) is 0 Å². The van der Waals surface area contributed by atoms with Gasteiger partial charge in [0.15, 0.2) is 0 Å². The van der Waals surface area contributed by atoms with Crippen molar-refractivity contribution in [3.63, 3.8) is 0 Å². The van der Waals surface area contributed by atoms with E-state index in [1.165, 1.54) is 4.90 Å². The molecule has 1 amide bonds. The number of alkyl halides is 3. The maximum atomic E-state index is 12.3. The molecule has 4 nitrogen and oxygen atoms in total. The molecule has 0 bridgehead atoms. The topological polar surface area (TPSA) is 58.4 Å².